The summed E-state index contributed by atoms with van der Waals surface area (Å²) >= 11 is 0. The minimum atomic E-state index is -0.0514. The average molecular weight is 562 g/mol. The van der Waals surface area contributed by atoms with E-state index in [1.807, 2.05) is 24.3 Å². The molecule has 2 aromatic carbocycles. The standard InChI is InChI=1S/C26H34N4O2.HI/c1-2-27-26(30-14-13-22(18-30)15-20-7-4-3-5-8-20)28-17-21-9-6-10-24(16-21)32-19-25(31)29-23-11-12-23;/h3-10,16,22-23H,2,11-15,17-19H2,1H3,(H,27,28)(H,29,31);1H. The number of carbonyl (C=O) groups excluding carboxylic acids is 1. The molecule has 0 radical (unpaired) electrons. The third-order valence-electron chi connectivity index (χ3n) is 5.91. The van der Waals surface area contributed by atoms with Crippen LogP contribution in [0.4, 0.5) is 0 Å². The molecule has 0 spiro atoms. The fourth-order valence-corrected chi connectivity index (χ4v) is 4.11. The fourth-order valence-electron chi connectivity index (χ4n) is 4.11. The second-order valence-electron chi connectivity index (χ2n) is 8.74. The summed E-state index contributed by atoms with van der Waals surface area (Å²) in [6, 6.07) is 19.0. The van der Waals surface area contributed by atoms with Crippen LogP contribution in [0.5, 0.6) is 5.75 Å². The van der Waals surface area contributed by atoms with E-state index < -0.39 is 0 Å². The van der Waals surface area contributed by atoms with Gasteiger partial charge in [-0.25, -0.2) is 4.99 Å². The van der Waals surface area contributed by atoms with Crippen LogP contribution >= 0.6 is 24.0 Å². The molecule has 2 aromatic rings. The molecule has 2 fully saturated rings. The molecule has 1 atom stereocenters. The van der Waals surface area contributed by atoms with Crippen molar-refractivity contribution >= 4 is 35.8 Å². The Hall–Kier alpha value is -2.29. The van der Waals surface area contributed by atoms with Crippen molar-refractivity contribution in [2.75, 3.05) is 26.2 Å². The Morgan fingerprint density at radius 1 is 1.09 bits per heavy atom. The Bertz CT molecular complexity index is 918. The normalized spacial score (nSPS) is 17.9. The molecule has 7 heteroatoms. The molecule has 33 heavy (non-hydrogen) atoms. The summed E-state index contributed by atoms with van der Waals surface area (Å²) < 4.78 is 5.68. The number of rotatable bonds is 9. The maximum absolute atomic E-state index is 11.9. The summed E-state index contributed by atoms with van der Waals surface area (Å²) in [6.45, 7) is 5.64. The molecule has 2 N–H and O–H groups in total. The van der Waals surface area contributed by atoms with E-state index in [0.717, 1.165) is 50.4 Å². The van der Waals surface area contributed by atoms with Gasteiger partial charge in [0.05, 0.1) is 6.54 Å². The summed E-state index contributed by atoms with van der Waals surface area (Å²) in [7, 11) is 0. The lowest BCUT2D eigenvalue weighted by molar-refractivity contribution is -0.123. The number of benzene rings is 2. The lowest BCUT2D eigenvalue weighted by Crippen LogP contribution is -2.40. The first-order valence-electron chi connectivity index (χ1n) is 11.8. The van der Waals surface area contributed by atoms with E-state index in [1.54, 1.807) is 0 Å². The van der Waals surface area contributed by atoms with E-state index in [0.29, 0.717) is 24.3 Å². The van der Waals surface area contributed by atoms with Gasteiger partial charge in [-0.3, -0.25) is 4.79 Å². The molecule has 6 nitrogen and oxygen atoms in total. The zero-order chi connectivity index (χ0) is 22.2. The van der Waals surface area contributed by atoms with Gasteiger partial charge < -0.3 is 20.3 Å². The van der Waals surface area contributed by atoms with Crippen LogP contribution in [0.15, 0.2) is 59.6 Å². The first-order valence-corrected chi connectivity index (χ1v) is 11.8. The first kappa shape index (κ1) is 25.3. The Kier molecular flexibility index (Phi) is 9.84. The number of guanidine groups is 1. The third kappa shape index (κ3) is 8.21. The molecule has 178 valence electrons. The second kappa shape index (κ2) is 12.8. The minimum Gasteiger partial charge on any atom is -0.484 e. The Labute approximate surface area is 214 Å². The van der Waals surface area contributed by atoms with Crippen molar-refractivity contribution in [1.29, 1.82) is 0 Å². The van der Waals surface area contributed by atoms with E-state index in [-0.39, 0.29) is 36.5 Å². The van der Waals surface area contributed by atoms with E-state index >= 15 is 0 Å². The summed E-state index contributed by atoms with van der Waals surface area (Å²) in [6.07, 6.45) is 4.46. The number of nitrogens with zero attached hydrogens (tertiary/aromatic N) is 2. The van der Waals surface area contributed by atoms with Crippen LogP contribution in [-0.2, 0) is 17.8 Å². The number of hydrogen-bond acceptors (Lipinski definition) is 3. The van der Waals surface area contributed by atoms with Gasteiger partial charge in [-0.15, -0.1) is 24.0 Å². The number of nitrogens with one attached hydrogen (secondary N) is 2. The Balaban J connectivity index is 0.00000306. The lowest BCUT2D eigenvalue weighted by atomic mass is 9.99. The molecule has 1 saturated carbocycles. The first-order chi connectivity index (χ1) is 15.7. The Morgan fingerprint density at radius 2 is 1.88 bits per heavy atom. The summed E-state index contributed by atoms with van der Waals surface area (Å²) in [5, 5.41) is 6.39. The highest BCUT2D eigenvalue weighted by Crippen LogP contribution is 2.22. The second-order valence-corrected chi connectivity index (χ2v) is 8.74. The molecule has 2 aliphatic rings. The SMILES string of the molecule is CCNC(=NCc1cccc(OCC(=O)NC2CC2)c1)N1CCC(Cc2ccccc2)C1.I. The van der Waals surface area contributed by atoms with Crippen LogP contribution in [0, 0.1) is 5.92 Å². The molecule has 0 bridgehead atoms. The molecule has 1 aliphatic heterocycles. The van der Waals surface area contributed by atoms with Gasteiger partial charge in [0.2, 0.25) is 0 Å². The number of halogens is 1. The lowest BCUT2D eigenvalue weighted by Gasteiger charge is -2.22. The van der Waals surface area contributed by atoms with Gasteiger partial charge >= 0.3 is 0 Å². The van der Waals surface area contributed by atoms with E-state index in [1.165, 1.54) is 12.0 Å². The van der Waals surface area contributed by atoms with Crippen molar-refractivity contribution in [3.05, 3.63) is 65.7 Å². The van der Waals surface area contributed by atoms with Crippen LogP contribution in [0.25, 0.3) is 0 Å². The highest BCUT2D eigenvalue weighted by atomic mass is 127. The van der Waals surface area contributed by atoms with Gasteiger partial charge in [-0.2, -0.15) is 0 Å². The molecule has 4 rings (SSSR count). The topological polar surface area (TPSA) is 66.0 Å². The minimum absolute atomic E-state index is 0. The number of hydrogen-bond donors (Lipinski definition) is 2. The molecule has 0 aromatic heterocycles. The van der Waals surface area contributed by atoms with Crippen molar-refractivity contribution in [1.82, 2.24) is 15.5 Å². The molecule has 1 aliphatic carbocycles. The van der Waals surface area contributed by atoms with Crippen molar-refractivity contribution in [2.45, 2.75) is 45.2 Å². The number of ether oxygens (including phenoxy) is 1. The Morgan fingerprint density at radius 3 is 2.64 bits per heavy atom. The molecule has 1 unspecified atom stereocenters. The summed E-state index contributed by atoms with van der Waals surface area (Å²) in [5.41, 5.74) is 2.48. The zero-order valence-electron chi connectivity index (χ0n) is 19.3. The van der Waals surface area contributed by atoms with Gasteiger partial charge in [-0.05, 0) is 61.8 Å². The number of carbonyl (C=O) groups is 1. The molecular weight excluding hydrogens is 527 g/mol. The van der Waals surface area contributed by atoms with E-state index in [2.05, 4.69) is 52.8 Å². The monoisotopic (exact) mass is 562 g/mol. The van der Waals surface area contributed by atoms with Crippen LogP contribution in [0.2, 0.25) is 0 Å². The van der Waals surface area contributed by atoms with Crippen LogP contribution < -0.4 is 15.4 Å². The van der Waals surface area contributed by atoms with E-state index in [9.17, 15) is 4.79 Å². The van der Waals surface area contributed by atoms with Crippen molar-refractivity contribution in [3.8, 4) is 5.75 Å². The summed E-state index contributed by atoms with van der Waals surface area (Å²) in [4.78, 5) is 19.1. The number of aliphatic imine (C=N–C) groups is 1. The molecular formula is C26H35IN4O2. The molecule has 1 heterocycles. The predicted molar refractivity (Wildman–Crippen MR) is 143 cm³/mol. The van der Waals surface area contributed by atoms with Crippen molar-refractivity contribution < 1.29 is 9.53 Å². The van der Waals surface area contributed by atoms with Gasteiger partial charge in [0.25, 0.3) is 5.91 Å². The van der Waals surface area contributed by atoms with Gasteiger partial charge in [0.15, 0.2) is 12.6 Å². The van der Waals surface area contributed by atoms with Gasteiger partial charge in [0.1, 0.15) is 5.75 Å². The number of likely N-dealkylation sites (tertiary alicyclic amines) is 1. The zero-order valence-corrected chi connectivity index (χ0v) is 21.7. The smallest absolute Gasteiger partial charge is 0.258 e. The highest BCUT2D eigenvalue weighted by molar-refractivity contribution is 14.0. The van der Waals surface area contributed by atoms with Gasteiger partial charge in [0, 0.05) is 25.7 Å². The van der Waals surface area contributed by atoms with Crippen LogP contribution in [-0.4, -0.2) is 49.0 Å². The van der Waals surface area contributed by atoms with Crippen LogP contribution in [0.3, 0.4) is 0 Å². The predicted octanol–water partition coefficient (Wildman–Crippen LogP) is 3.99. The fraction of sp³-hybridized carbons (Fsp3) is 0.462. The summed E-state index contributed by atoms with van der Waals surface area (Å²) in [5.74, 6) is 2.28. The quantitative estimate of drug-likeness (QED) is 0.276. The number of amides is 1. The highest BCUT2D eigenvalue weighted by Gasteiger charge is 2.25. The molecule has 1 saturated heterocycles. The third-order valence-corrected chi connectivity index (χ3v) is 5.91. The van der Waals surface area contributed by atoms with E-state index in [4.69, 9.17) is 9.73 Å². The average Bonchev–Trinajstić information content (AvgIpc) is 3.51. The van der Waals surface area contributed by atoms with Crippen molar-refractivity contribution in [2.24, 2.45) is 10.9 Å². The molecule has 1 amide bonds. The van der Waals surface area contributed by atoms with Crippen LogP contribution in [0.1, 0.15) is 37.3 Å². The van der Waals surface area contributed by atoms with Gasteiger partial charge in [-0.1, -0.05) is 42.5 Å². The largest absolute Gasteiger partial charge is 0.484 e. The maximum atomic E-state index is 11.9. The van der Waals surface area contributed by atoms with Crippen molar-refractivity contribution in [3.63, 3.8) is 0 Å². The maximum Gasteiger partial charge on any atom is 0.258 e.